The number of fused-ring (bicyclic) bond motifs is 3. The van der Waals surface area contributed by atoms with Gasteiger partial charge in [-0.3, -0.25) is 19.2 Å². The van der Waals surface area contributed by atoms with Crippen LogP contribution in [0.25, 0.3) is 0 Å². The van der Waals surface area contributed by atoms with Gasteiger partial charge in [0, 0.05) is 31.1 Å². The Labute approximate surface area is 177 Å². The zero-order chi connectivity index (χ0) is 20.0. The molecule has 7 rings (SSSR count). The fourth-order valence-electron chi connectivity index (χ4n) is 6.88. The van der Waals surface area contributed by atoms with Crippen LogP contribution >= 0.6 is 33.3 Å². The standard InChI is InChI=1S/C18H18N2O6S3/c21-7-1-10-14(24)12-5(7)3-18(29-28-10)16(26)19-11-6-4-17(19,15(25)20(12)18)27-9(13(6)23)2-8(11)22/h5-6,8-12,14,22,24H,1-4H2. The van der Waals surface area contributed by atoms with Crippen LogP contribution in [0.15, 0.2) is 0 Å². The lowest BCUT2D eigenvalue weighted by Gasteiger charge is -2.53. The van der Waals surface area contributed by atoms with Crippen molar-refractivity contribution in [3.8, 4) is 0 Å². The van der Waals surface area contributed by atoms with Gasteiger partial charge in [0.05, 0.1) is 34.8 Å². The SMILES string of the molecule is O=C1C2CC(O)C3C1CC1(S2)C(=O)N2C4C5CC2(SSC(CC5=O)C4O)C(=O)N31. The van der Waals surface area contributed by atoms with Crippen molar-refractivity contribution in [1.29, 1.82) is 0 Å². The normalized spacial score (nSPS) is 56.8. The summed E-state index contributed by atoms with van der Waals surface area (Å²) in [5.41, 5.74) is 0. The zero-order valence-corrected chi connectivity index (χ0v) is 17.5. The molecule has 2 aliphatic carbocycles. The Morgan fingerprint density at radius 1 is 0.931 bits per heavy atom. The molecule has 0 aromatic rings. The summed E-state index contributed by atoms with van der Waals surface area (Å²) in [4.78, 5) is 54.3. The number of nitrogens with zero attached hydrogens (tertiary/aromatic N) is 2. The van der Waals surface area contributed by atoms with Crippen molar-refractivity contribution in [3.05, 3.63) is 0 Å². The Hall–Kier alpha value is -0.750. The summed E-state index contributed by atoms with van der Waals surface area (Å²) in [5, 5.41) is 20.9. The highest BCUT2D eigenvalue weighted by Gasteiger charge is 2.80. The molecule has 7 fully saturated rings. The first-order valence-electron chi connectivity index (χ1n) is 9.92. The molecule has 0 aromatic carbocycles. The second kappa shape index (κ2) is 5.17. The molecule has 0 aromatic heterocycles. The fraction of sp³-hybridized carbons (Fsp3) is 0.778. The van der Waals surface area contributed by atoms with E-state index in [1.165, 1.54) is 43.1 Å². The number of hydrogen-bond donors (Lipinski definition) is 2. The number of ketones is 2. The predicted molar refractivity (Wildman–Crippen MR) is 105 cm³/mol. The van der Waals surface area contributed by atoms with Gasteiger partial charge in [0.2, 0.25) is 0 Å². The first-order valence-corrected chi connectivity index (χ1v) is 13.0. The molecule has 7 aliphatic rings. The van der Waals surface area contributed by atoms with E-state index in [1.54, 1.807) is 0 Å². The van der Waals surface area contributed by atoms with E-state index in [4.69, 9.17) is 0 Å². The van der Waals surface area contributed by atoms with Gasteiger partial charge in [-0.15, -0.1) is 11.8 Å². The second-order valence-electron chi connectivity index (χ2n) is 9.21. The number of Topliss-reactive ketones (excluding diaryl/α,β-unsaturated/α-hetero) is 2. The first-order chi connectivity index (χ1) is 13.8. The summed E-state index contributed by atoms with van der Waals surface area (Å²) >= 11 is 1.20. The number of amides is 2. The van der Waals surface area contributed by atoms with E-state index in [-0.39, 0.29) is 54.3 Å². The van der Waals surface area contributed by atoms with Gasteiger partial charge in [-0.1, -0.05) is 21.6 Å². The van der Waals surface area contributed by atoms with E-state index in [9.17, 15) is 29.4 Å². The van der Waals surface area contributed by atoms with Crippen molar-refractivity contribution in [3.63, 3.8) is 0 Å². The fourth-order valence-corrected chi connectivity index (χ4v) is 12.3. The molecule has 8 nitrogen and oxygen atoms in total. The number of rotatable bonds is 0. The van der Waals surface area contributed by atoms with Gasteiger partial charge in [0.1, 0.15) is 5.78 Å². The van der Waals surface area contributed by atoms with Crippen LogP contribution < -0.4 is 0 Å². The number of aliphatic hydroxyl groups excluding tert-OH is 2. The van der Waals surface area contributed by atoms with Crippen molar-refractivity contribution >= 4 is 56.7 Å². The third-order valence-corrected chi connectivity index (χ3v) is 13.1. The lowest BCUT2D eigenvalue weighted by atomic mass is 9.80. The molecule has 2 N–H and O–H groups in total. The molecule has 5 heterocycles. The largest absolute Gasteiger partial charge is 0.391 e. The Balaban J connectivity index is 1.44. The van der Waals surface area contributed by atoms with E-state index < -0.39 is 51.1 Å². The number of piperazine rings is 1. The van der Waals surface area contributed by atoms with Crippen molar-refractivity contribution in [2.75, 3.05) is 0 Å². The second-order valence-corrected chi connectivity index (χ2v) is 13.4. The summed E-state index contributed by atoms with van der Waals surface area (Å²) in [6.07, 6.45) is -0.750. The van der Waals surface area contributed by atoms with Crippen LogP contribution in [0.3, 0.4) is 0 Å². The van der Waals surface area contributed by atoms with E-state index in [0.717, 1.165) is 0 Å². The number of carbonyl (C=O) groups is 4. The molecule has 5 aliphatic heterocycles. The molecule has 29 heavy (non-hydrogen) atoms. The monoisotopic (exact) mass is 454 g/mol. The van der Waals surface area contributed by atoms with Crippen molar-refractivity contribution < 1.29 is 29.4 Å². The van der Waals surface area contributed by atoms with Crippen LogP contribution in [0, 0.1) is 11.8 Å². The molecule has 11 heteroatoms. The lowest BCUT2D eigenvalue weighted by molar-refractivity contribution is -0.169. The van der Waals surface area contributed by atoms with Gasteiger partial charge >= 0.3 is 0 Å². The Kier molecular flexibility index (Phi) is 3.19. The zero-order valence-electron chi connectivity index (χ0n) is 15.1. The molecule has 2 saturated carbocycles. The van der Waals surface area contributed by atoms with Gasteiger partial charge in [0.15, 0.2) is 15.5 Å². The highest BCUT2D eigenvalue weighted by atomic mass is 33.1. The molecule has 6 bridgehead atoms. The number of hydrogen-bond acceptors (Lipinski definition) is 9. The van der Waals surface area contributed by atoms with Gasteiger partial charge in [0.25, 0.3) is 11.8 Å². The van der Waals surface area contributed by atoms with Crippen molar-refractivity contribution in [2.45, 2.75) is 70.2 Å². The summed E-state index contributed by atoms with van der Waals surface area (Å²) in [6, 6.07) is -1.36. The molecule has 2 amide bonds. The van der Waals surface area contributed by atoms with Crippen LogP contribution in [-0.4, -0.2) is 87.9 Å². The van der Waals surface area contributed by atoms with Crippen LogP contribution in [0.1, 0.15) is 25.7 Å². The topological polar surface area (TPSA) is 115 Å². The predicted octanol–water partition coefficient (Wildman–Crippen LogP) is -0.627. The lowest BCUT2D eigenvalue weighted by Crippen LogP contribution is -2.74. The molecule has 0 radical (unpaired) electrons. The van der Waals surface area contributed by atoms with Crippen molar-refractivity contribution in [1.82, 2.24) is 9.80 Å². The number of carbonyl (C=O) groups excluding carboxylic acids is 4. The third-order valence-electron chi connectivity index (χ3n) is 8.02. The summed E-state index contributed by atoms with van der Waals surface area (Å²) in [5.74, 6) is -1.56. The maximum absolute atomic E-state index is 14.1. The number of thioether (sulfide) groups is 1. The van der Waals surface area contributed by atoms with Gasteiger partial charge in [-0.05, 0) is 6.42 Å². The minimum atomic E-state index is -1.24. The minimum Gasteiger partial charge on any atom is -0.391 e. The van der Waals surface area contributed by atoms with Crippen LogP contribution in [0.2, 0.25) is 0 Å². The quantitative estimate of drug-likeness (QED) is 0.462. The highest BCUT2D eigenvalue weighted by molar-refractivity contribution is 8.77. The summed E-state index contributed by atoms with van der Waals surface area (Å²) in [7, 11) is 2.61. The molecular weight excluding hydrogens is 436 g/mol. The maximum Gasteiger partial charge on any atom is 0.261 e. The van der Waals surface area contributed by atoms with Crippen LogP contribution in [0.4, 0.5) is 0 Å². The minimum absolute atomic E-state index is 0.0102. The van der Waals surface area contributed by atoms with E-state index in [2.05, 4.69) is 0 Å². The molecular formula is C18H18N2O6S3. The first kappa shape index (κ1) is 17.9. The van der Waals surface area contributed by atoms with E-state index in [1.807, 2.05) is 0 Å². The third kappa shape index (κ3) is 1.73. The van der Waals surface area contributed by atoms with Crippen LogP contribution in [-0.2, 0) is 19.2 Å². The summed E-state index contributed by atoms with van der Waals surface area (Å²) in [6.45, 7) is 0. The summed E-state index contributed by atoms with van der Waals surface area (Å²) < 4.78 is 0. The molecule has 5 saturated heterocycles. The molecule has 10 unspecified atom stereocenters. The van der Waals surface area contributed by atoms with E-state index in [0.29, 0.717) is 0 Å². The van der Waals surface area contributed by atoms with Gasteiger partial charge in [-0.25, -0.2) is 0 Å². The average Bonchev–Trinajstić information content (AvgIpc) is 3.11. The van der Waals surface area contributed by atoms with E-state index >= 15 is 0 Å². The van der Waals surface area contributed by atoms with Crippen LogP contribution in [0.5, 0.6) is 0 Å². The Bertz CT molecular complexity index is 929. The molecule has 154 valence electrons. The molecule has 1 spiro atoms. The van der Waals surface area contributed by atoms with Gasteiger partial charge < -0.3 is 20.0 Å². The number of aliphatic hydroxyl groups is 2. The maximum atomic E-state index is 14.1. The Morgan fingerprint density at radius 3 is 2.41 bits per heavy atom. The van der Waals surface area contributed by atoms with Gasteiger partial charge in [-0.2, -0.15) is 0 Å². The average molecular weight is 455 g/mol. The molecule has 10 atom stereocenters. The smallest absolute Gasteiger partial charge is 0.261 e. The highest BCUT2D eigenvalue weighted by Crippen LogP contribution is 2.68. The van der Waals surface area contributed by atoms with Crippen molar-refractivity contribution in [2.24, 2.45) is 11.8 Å². The Morgan fingerprint density at radius 2 is 1.62 bits per heavy atom.